The van der Waals surface area contributed by atoms with Crippen molar-refractivity contribution in [2.75, 3.05) is 4.90 Å². The van der Waals surface area contributed by atoms with E-state index in [-0.39, 0.29) is 11.1 Å². The summed E-state index contributed by atoms with van der Waals surface area (Å²) in [6.07, 6.45) is 0. The average Bonchev–Trinajstić information content (AvgIpc) is 3.80. The first-order chi connectivity index (χ1) is 30.4. The highest BCUT2D eigenvalue weighted by Gasteiger charge is 2.41. The van der Waals surface area contributed by atoms with Gasteiger partial charge >= 0.3 is 0 Å². The van der Waals surface area contributed by atoms with Crippen LogP contribution in [-0.2, 0) is 0 Å². The lowest BCUT2D eigenvalue weighted by molar-refractivity contribution is 0.0926. The van der Waals surface area contributed by atoms with Gasteiger partial charge in [-0.2, -0.15) is 21.0 Å². The zero-order valence-electron chi connectivity index (χ0n) is 32.7. The maximum absolute atomic E-state index is 15.3. The summed E-state index contributed by atoms with van der Waals surface area (Å²) in [5.41, 5.74) is 10.4. The summed E-state index contributed by atoms with van der Waals surface area (Å²) in [7, 11) is 0. The van der Waals surface area contributed by atoms with Gasteiger partial charge < -0.3 is 4.57 Å². The van der Waals surface area contributed by atoms with E-state index in [0.717, 1.165) is 55.2 Å². The number of carbonyl (C=O) groups excluding carboxylic acids is 2. The lowest BCUT2D eigenvalue weighted by atomic mass is 9.95. The molecule has 0 saturated heterocycles. The number of benzene rings is 8. The van der Waals surface area contributed by atoms with Crippen LogP contribution < -0.4 is 4.90 Å². The fourth-order valence-electron chi connectivity index (χ4n) is 8.68. The molecule has 0 atom stereocenters. The van der Waals surface area contributed by atoms with Crippen molar-refractivity contribution in [2.24, 2.45) is 0 Å². The van der Waals surface area contributed by atoms with Gasteiger partial charge in [-0.05, 0) is 94.0 Å². The minimum atomic E-state index is -0.461. The Balaban J connectivity index is 1.22. The van der Waals surface area contributed by atoms with Gasteiger partial charge in [0, 0.05) is 21.9 Å². The summed E-state index contributed by atoms with van der Waals surface area (Å²) >= 11 is 0. The number of nitriles is 4. The average molecular weight is 793 g/mol. The molecule has 8 heteroatoms. The molecule has 1 aliphatic rings. The van der Waals surface area contributed by atoms with Crippen LogP contribution in [0, 0.1) is 45.3 Å². The molecule has 286 valence electrons. The number of carbonyl (C=O) groups is 2. The van der Waals surface area contributed by atoms with E-state index in [9.17, 15) is 25.8 Å². The molecule has 10 rings (SSSR count). The van der Waals surface area contributed by atoms with Crippen molar-refractivity contribution >= 4 is 39.3 Å². The van der Waals surface area contributed by atoms with Crippen LogP contribution in [0.3, 0.4) is 0 Å². The van der Waals surface area contributed by atoms with E-state index in [4.69, 9.17) is 0 Å². The molecular formula is C54H28N6O2. The summed E-state index contributed by atoms with van der Waals surface area (Å²) in [4.78, 5) is 31.4. The third kappa shape index (κ3) is 5.81. The third-order valence-electron chi connectivity index (χ3n) is 11.5. The molecular weight excluding hydrogens is 765 g/mol. The summed E-state index contributed by atoms with van der Waals surface area (Å²) in [5, 5.41) is 40.9. The minimum Gasteiger partial charge on any atom is -0.308 e. The van der Waals surface area contributed by atoms with Crippen LogP contribution >= 0.6 is 0 Å². The van der Waals surface area contributed by atoms with Crippen LogP contribution in [0.2, 0.25) is 0 Å². The highest BCUT2D eigenvalue weighted by atomic mass is 16.2. The Morgan fingerprint density at radius 1 is 0.387 bits per heavy atom. The van der Waals surface area contributed by atoms with E-state index in [1.165, 1.54) is 4.90 Å². The van der Waals surface area contributed by atoms with Crippen molar-refractivity contribution in [1.29, 1.82) is 21.0 Å². The van der Waals surface area contributed by atoms with Crippen LogP contribution in [0.4, 0.5) is 5.69 Å². The molecule has 2 heterocycles. The summed E-state index contributed by atoms with van der Waals surface area (Å²) < 4.78 is 1.99. The number of hydrogen-bond acceptors (Lipinski definition) is 6. The minimum absolute atomic E-state index is 0.254. The van der Waals surface area contributed by atoms with E-state index in [1.54, 1.807) is 48.5 Å². The van der Waals surface area contributed by atoms with Gasteiger partial charge in [0.1, 0.15) is 0 Å². The van der Waals surface area contributed by atoms with E-state index in [2.05, 4.69) is 24.3 Å². The molecule has 0 aliphatic carbocycles. The van der Waals surface area contributed by atoms with E-state index >= 15 is 4.79 Å². The number of rotatable bonds is 6. The van der Waals surface area contributed by atoms with Gasteiger partial charge in [-0.25, -0.2) is 4.90 Å². The van der Waals surface area contributed by atoms with E-state index < -0.39 is 11.8 Å². The molecule has 1 aliphatic heterocycles. The molecule has 8 aromatic carbocycles. The largest absolute Gasteiger partial charge is 0.308 e. The predicted molar refractivity (Wildman–Crippen MR) is 239 cm³/mol. The zero-order valence-corrected chi connectivity index (χ0v) is 32.7. The predicted octanol–water partition coefficient (Wildman–Crippen LogP) is 11.7. The Labute approximate surface area is 355 Å². The first kappa shape index (κ1) is 37.0. The quantitative estimate of drug-likeness (QED) is 0.154. The second-order valence-corrected chi connectivity index (χ2v) is 14.8. The van der Waals surface area contributed by atoms with Crippen LogP contribution in [0.1, 0.15) is 43.0 Å². The van der Waals surface area contributed by atoms with Crippen molar-refractivity contribution < 1.29 is 9.59 Å². The van der Waals surface area contributed by atoms with Gasteiger partial charge in [0.25, 0.3) is 11.8 Å². The van der Waals surface area contributed by atoms with Gasteiger partial charge in [0.2, 0.25) is 0 Å². The molecule has 0 saturated carbocycles. The van der Waals surface area contributed by atoms with Gasteiger partial charge in [-0.1, -0.05) is 109 Å². The highest BCUT2D eigenvalue weighted by Crippen LogP contribution is 2.45. The Morgan fingerprint density at radius 2 is 0.871 bits per heavy atom. The summed E-state index contributed by atoms with van der Waals surface area (Å²) in [6.45, 7) is 0. The fourth-order valence-corrected chi connectivity index (χ4v) is 8.68. The van der Waals surface area contributed by atoms with Gasteiger partial charge in [0.05, 0.1) is 80.1 Å². The lowest BCUT2D eigenvalue weighted by Crippen LogP contribution is -2.30. The van der Waals surface area contributed by atoms with Crippen LogP contribution in [0.25, 0.3) is 72.0 Å². The van der Waals surface area contributed by atoms with E-state index in [1.807, 2.05) is 126 Å². The number of hydrogen-bond donors (Lipinski definition) is 0. The molecule has 0 radical (unpaired) electrons. The monoisotopic (exact) mass is 792 g/mol. The summed E-state index contributed by atoms with van der Waals surface area (Å²) in [5.74, 6) is -0.899. The number of para-hydroxylation sites is 1. The zero-order chi connectivity index (χ0) is 42.5. The smallest absolute Gasteiger partial charge is 0.268 e. The number of imide groups is 1. The number of fused-ring (bicyclic) bond motifs is 4. The second kappa shape index (κ2) is 14.8. The number of amides is 2. The Morgan fingerprint density at radius 3 is 1.35 bits per heavy atom. The molecule has 9 aromatic rings. The van der Waals surface area contributed by atoms with Crippen LogP contribution in [0.15, 0.2) is 170 Å². The molecule has 0 N–H and O–H groups in total. The maximum Gasteiger partial charge on any atom is 0.268 e. The molecule has 0 spiro atoms. The maximum atomic E-state index is 15.3. The molecule has 8 nitrogen and oxygen atoms in total. The molecule has 62 heavy (non-hydrogen) atoms. The first-order valence-corrected chi connectivity index (χ1v) is 19.7. The van der Waals surface area contributed by atoms with Crippen molar-refractivity contribution in [3.8, 4) is 74.5 Å². The second-order valence-electron chi connectivity index (χ2n) is 14.8. The van der Waals surface area contributed by atoms with Crippen molar-refractivity contribution in [1.82, 2.24) is 4.57 Å². The van der Waals surface area contributed by atoms with Gasteiger partial charge in [-0.3, -0.25) is 9.59 Å². The number of aromatic nitrogens is 1. The first-order valence-electron chi connectivity index (χ1n) is 19.7. The van der Waals surface area contributed by atoms with Crippen LogP contribution in [0.5, 0.6) is 0 Å². The Hall–Kier alpha value is -9.34. The summed E-state index contributed by atoms with van der Waals surface area (Å²) in [6, 6.07) is 60.9. The molecule has 1 aromatic heterocycles. The molecule has 2 amide bonds. The normalized spacial score (nSPS) is 11.8. The molecule has 0 unspecified atom stereocenters. The SMILES string of the molecule is N#Cc1ccc(-c2ccc3c(c2)c2cc(-c4ccc(C#N)cc4C#N)ccc2n3-c2cccc3c2C(=O)N(c2c(-c4ccccc4)cccc2-c2ccccc2)C3=O)c(C#N)c1. The Bertz CT molecular complexity index is 3370. The Kier molecular flexibility index (Phi) is 8.82. The highest BCUT2D eigenvalue weighted by molar-refractivity contribution is 6.37. The van der Waals surface area contributed by atoms with E-state index in [0.29, 0.717) is 44.8 Å². The van der Waals surface area contributed by atoms with Gasteiger partial charge in [-0.15, -0.1) is 0 Å². The number of anilines is 1. The van der Waals surface area contributed by atoms with Crippen molar-refractivity contribution in [3.05, 3.63) is 203 Å². The topological polar surface area (TPSA) is 137 Å². The van der Waals surface area contributed by atoms with Crippen molar-refractivity contribution in [3.63, 3.8) is 0 Å². The molecule has 0 fully saturated rings. The lowest BCUT2D eigenvalue weighted by Gasteiger charge is -2.23. The van der Waals surface area contributed by atoms with Crippen LogP contribution in [-0.4, -0.2) is 16.4 Å². The van der Waals surface area contributed by atoms with Crippen molar-refractivity contribution in [2.45, 2.75) is 0 Å². The molecule has 0 bridgehead atoms. The fraction of sp³-hybridized carbons (Fsp3) is 0. The third-order valence-corrected chi connectivity index (χ3v) is 11.5. The van der Waals surface area contributed by atoms with Gasteiger partial charge in [0.15, 0.2) is 0 Å². The number of nitrogens with zero attached hydrogens (tertiary/aromatic N) is 6. The standard InChI is InChI=1S/C54H28N6O2/c55-29-33-17-21-41(39(25-33)31-57)37-19-23-48-46(27-37)47-28-38(42-22-18-34(30-56)26-40(42)32-58)20-24-49(47)59(48)50-16-8-15-45-51(50)54(62)60(53(45)61)52-43(35-9-3-1-4-10-35)13-7-14-44(52)36-11-5-2-6-12-36/h1-28H.